The van der Waals surface area contributed by atoms with Crippen LogP contribution in [0.5, 0.6) is 0 Å². The number of hydrogen-bond donors (Lipinski definition) is 2. The molecule has 2 N–H and O–H groups in total. The quantitative estimate of drug-likeness (QED) is 0.630. The fraction of sp³-hybridized carbons (Fsp3) is 0.176. The highest BCUT2D eigenvalue weighted by Gasteiger charge is 2.19. The van der Waals surface area contributed by atoms with E-state index in [0.717, 1.165) is 28.2 Å². The predicted molar refractivity (Wildman–Crippen MR) is 100 cm³/mol. The maximum absolute atomic E-state index is 13.3. The maximum atomic E-state index is 13.3. The number of hydrogen-bond acceptors (Lipinski definition) is 4. The Morgan fingerprint density at radius 2 is 1.88 bits per heavy atom. The topological polar surface area (TPSA) is 58.2 Å². The Bertz CT molecular complexity index is 981. The Hall–Kier alpha value is -1.96. The fourth-order valence-corrected chi connectivity index (χ4v) is 4.85. The molecule has 0 unspecified atom stereocenters. The summed E-state index contributed by atoms with van der Waals surface area (Å²) in [5, 5.41) is 0.845. The van der Waals surface area contributed by atoms with Crippen LogP contribution < -0.4 is 10.9 Å². The molecule has 25 heavy (non-hydrogen) atoms. The van der Waals surface area contributed by atoms with Gasteiger partial charge in [0.2, 0.25) is 0 Å². The summed E-state index contributed by atoms with van der Waals surface area (Å²) in [5.74, 6) is -1.32. The molecule has 2 amide bonds. The highest BCUT2D eigenvalue weighted by atomic mass is 35.5. The second-order valence-corrected chi connectivity index (χ2v) is 7.93. The van der Waals surface area contributed by atoms with Crippen molar-refractivity contribution in [2.45, 2.75) is 20.3 Å². The van der Waals surface area contributed by atoms with Gasteiger partial charge in [-0.3, -0.25) is 20.4 Å². The van der Waals surface area contributed by atoms with E-state index >= 15 is 0 Å². The Balaban J connectivity index is 1.74. The smallest absolute Gasteiger partial charge is 0.266 e. The molecule has 130 valence electrons. The first-order chi connectivity index (χ1) is 11.9. The fourth-order valence-electron chi connectivity index (χ4n) is 2.40. The third-order valence-corrected chi connectivity index (χ3v) is 6.69. The van der Waals surface area contributed by atoms with Crippen LogP contribution >= 0.6 is 34.3 Å². The van der Waals surface area contributed by atoms with Crippen LogP contribution in [0.15, 0.2) is 24.3 Å². The van der Waals surface area contributed by atoms with Crippen LogP contribution in [0.1, 0.15) is 36.7 Å². The van der Waals surface area contributed by atoms with E-state index in [1.54, 1.807) is 6.07 Å². The van der Waals surface area contributed by atoms with Crippen molar-refractivity contribution in [2.75, 3.05) is 0 Å². The third kappa shape index (κ3) is 3.53. The second-order valence-electron chi connectivity index (χ2n) is 5.36. The molecular formula is C17H14ClFN2O2S2. The number of nitrogens with one attached hydrogen (secondary N) is 2. The Kier molecular flexibility index (Phi) is 5.08. The van der Waals surface area contributed by atoms with Crippen molar-refractivity contribution in [1.29, 1.82) is 0 Å². The standard InChI is InChI=1S/C17H14ClFN2O2S2/c1-3-11-8(2)6-13(24-11)16(22)20-21-17(23)15-14(18)10-5-4-9(19)7-12(10)25-15/h4-7H,3H2,1-2H3,(H,20,22)(H,21,23). The highest BCUT2D eigenvalue weighted by molar-refractivity contribution is 7.21. The molecule has 2 aromatic heterocycles. The predicted octanol–water partition coefficient (Wildman–Crippen LogP) is 4.70. The largest absolute Gasteiger partial charge is 0.281 e. The maximum Gasteiger partial charge on any atom is 0.281 e. The number of aryl methyl sites for hydroxylation is 2. The van der Waals surface area contributed by atoms with Crippen LogP contribution in [0, 0.1) is 12.7 Å². The first-order valence-electron chi connectivity index (χ1n) is 7.48. The number of thiophene rings is 2. The molecule has 2 heterocycles. The number of rotatable bonds is 3. The molecule has 0 atom stereocenters. The molecule has 0 bridgehead atoms. The van der Waals surface area contributed by atoms with Crippen LogP contribution in [0.2, 0.25) is 5.02 Å². The molecule has 0 saturated carbocycles. The van der Waals surface area contributed by atoms with Gasteiger partial charge in [0.15, 0.2) is 0 Å². The van der Waals surface area contributed by atoms with Gasteiger partial charge in [0.25, 0.3) is 11.8 Å². The van der Waals surface area contributed by atoms with E-state index in [-0.39, 0.29) is 15.8 Å². The lowest BCUT2D eigenvalue weighted by Crippen LogP contribution is -2.41. The molecule has 3 rings (SSSR count). The van der Waals surface area contributed by atoms with Crippen molar-refractivity contribution < 1.29 is 14.0 Å². The molecule has 0 radical (unpaired) electrons. The first-order valence-corrected chi connectivity index (χ1v) is 9.49. The van der Waals surface area contributed by atoms with Crippen molar-refractivity contribution >= 4 is 56.2 Å². The van der Waals surface area contributed by atoms with Gasteiger partial charge < -0.3 is 0 Å². The third-order valence-electron chi connectivity index (χ3n) is 3.65. The molecule has 1 aromatic carbocycles. The van der Waals surface area contributed by atoms with Gasteiger partial charge in [-0.25, -0.2) is 4.39 Å². The van der Waals surface area contributed by atoms with Crippen molar-refractivity contribution in [3.8, 4) is 0 Å². The average Bonchev–Trinajstić information content (AvgIpc) is 3.12. The number of benzene rings is 1. The van der Waals surface area contributed by atoms with Crippen LogP contribution in [0.25, 0.3) is 10.1 Å². The van der Waals surface area contributed by atoms with Crippen LogP contribution in [-0.4, -0.2) is 11.8 Å². The van der Waals surface area contributed by atoms with E-state index in [4.69, 9.17) is 11.6 Å². The van der Waals surface area contributed by atoms with E-state index in [2.05, 4.69) is 10.9 Å². The lowest BCUT2D eigenvalue weighted by Gasteiger charge is -2.05. The molecule has 0 fully saturated rings. The Morgan fingerprint density at radius 1 is 1.16 bits per heavy atom. The van der Waals surface area contributed by atoms with Crippen molar-refractivity contribution in [3.05, 3.63) is 55.3 Å². The number of amides is 2. The summed E-state index contributed by atoms with van der Waals surface area (Å²) in [7, 11) is 0. The van der Waals surface area contributed by atoms with E-state index in [1.807, 2.05) is 13.8 Å². The minimum absolute atomic E-state index is 0.221. The summed E-state index contributed by atoms with van der Waals surface area (Å²) >= 11 is 8.66. The lowest BCUT2D eigenvalue weighted by molar-refractivity contribution is 0.0851. The monoisotopic (exact) mass is 396 g/mol. The molecule has 8 heteroatoms. The summed E-state index contributed by atoms with van der Waals surface area (Å²) in [6.45, 7) is 3.97. The SMILES string of the molecule is CCc1sc(C(=O)NNC(=O)c2sc3cc(F)ccc3c2Cl)cc1C. The molecule has 0 aliphatic rings. The number of fused-ring (bicyclic) bond motifs is 1. The van der Waals surface area contributed by atoms with E-state index in [1.165, 1.54) is 29.5 Å². The van der Waals surface area contributed by atoms with Gasteiger partial charge in [-0.15, -0.1) is 22.7 Å². The van der Waals surface area contributed by atoms with Gasteiger partial charge in [0.1, 0.15) is 10.7 Å². The Labute approximate surface area is 156 Å². The zero-order valence-electron chi connectivity index (χ0n) is 13.4. The highest BCUT2D eigenvalue weighted by Crippen LogP contribution is 2.35. The van der Waals surface area contributed by atoms with Crippen LogP contribution in [0.3, 0.4) is 0 Å². The number of hydrazine groups is 1. The van der Waals surface area contributed by atoms with Gasteiger partial charge in [0.05, 0.1) is 9.90 Å². The van der Waals surface area contributed by atoms with Crippen molar-refractivity contribution in [3.63, 3.8) is 0 Å². The normalized spacial score (nSPS) is 10.9. The molecule has 0 aliphatic heterocycles. The second kappa shape index (κ2) is 7.11. The van der Waals surface area contributed by atoms with Gasteiger partial charge in [0, 0.05) is 15.0 Å². The summed E-state index contributed by atoms with van der Waals surface area (Å²) in [6.07, 6.45) is 0.851. The average molecular weight is 397 g/mol. The van der Waals surface area contributed by atoms with Crippen LogP contribution in [-0.2, 0) is 6.42 Å². The molecule has 0 aliphatic carbocycles. The van der Waals surface area contributed by atoms with Gasteiger partial charge in [-0.05, 0) is 43.2 Å². The number of halogens is 2. The zero-order valence-corrected chi connectivity index (χ0v) is 15.8. The minimum Gasteiger partial charge on any atom is -0.266 e. The Morgan fingerprint density at radius 3 is 2.56 bits per heavy atom. The minimum atomic E-state index is -0.538. The molecule has 3 aromatic rings. The summed E-state index contributed by atoms with van der Waals surface area (Å²) in [4.78, 5) is 26.3. The lowest BCUT2D eigenvalue weighted by atomic mass is 10.2. The van der Waals surface area contributed by atoms with Crippen molar-refractivity contribution in [1.82, 2.24) is 10.9 Å². The molecule has 0 spiro atoms. The number of carbonyl (C=O) groups is 2. The summed E-state index contributed by atoms with van der Waals surface area (Å²) in [5.41, 5.74) is 5.81. The van der Waals surface area contributed by atoms with E-state index in [9.17, 15) is 14.0 Å². The van der Waals surface area contributed by atoms with Gasteiger partial charge in [-0.2, -0.15) is 0 Å². The van der Waals surface area contributed by atoms with E-state index in [0.29, 0.717) is 15.0 Å². The molecular weight excluding hydrogens is 383 g/mol. The van der Waals surface area contributed by atoms with Crippen LogP contribution in [0.4, 0.5) is 4.39 Å². The molecule has 4 nitrogen and oxygen atoms in total. The summed E-state index contributed by atoms with van der Waals surface area (Å²) in [6, 6.07) is 5.93. The van der Waals surface area contributed by atoms with E-state index < -0.39 is 11.7 Å². The zero-order chi connectivity index (χ0) is 18.1. The first kappa shape index (κ1) is 17.8. The van der Waals surface area contributed by atoms with Gasteiger partial charge >= 0.3 is 0 Å². The summed E-state index contributed by atoms with van der Waals surface area (Å²) < 4.78 is 13.9. The van der Waals surface area contributed by atoms with Gasteiger partial charge in [-0.1, -0.05) is 18.5 Å². The van der Waals surface area contributed by atoms with Crippen molar-refractivity contribution in [2.24, 2.45) is 0 Å². The number of carbonyl (C=O) groups excluding carboxylic acids is 2. The molecule has 0 saturated heterocycles.